The molecule has 1 heterocycles. The fourth-order valence-electron chi connectivity index (χ4n) is 2.80. The van der Waals surface area contributed by atoms with E-state index in [1.807, 2.05) is 0 Å². The first-order valence-corrected chi connectivity index (χ1v) is 8.17. The molecule has 2 N–H and O–H groups in total. The number of amides is 1. The van der Waals surface area contributed by atoms with Gasteiger partial charge in [-0.3, -0.25) is 9.59 Å². The highest BCUT2D eigenvalue weighted by Crippen LogP contribution is 2.29. The highest BCUT2D eigenvalue weighted by molar-refractivity contribution is 6.01. The van der Waals surface area contributed by atoms with E-state index in [0.717, 1.165) is 0 Å². The number of aromatic nitrogens is 1. The number of methoxy groups -OCH3 is 2. The Balaban J connectivity index is 2.01. The second-order valence-corrected chi connectivity index (χ2v) is 5.88. The number of esters is 1. The number of H-pyrrole nitrogens is 1. The molecule has 0 spiro atoms. The summed E-state index contributed by atoms with van der Waals surface area (Å²) in [5.74, 6) is -0.373. The van der Waals surface area contributed by atoms with Gasteiger partial charge in [-0.2, -0.15) is 0 Å². The van der Waals surface area contributed by atoms with Crippen LogP contribution in [0.25, 0.3) is 0 Å². The van der Waals surface area contributed by atoms with Crippen LogP contribution in [0.15, 0.2) is 18.2 Å². The first kappa shape index (κ1) is 20.0. The molecule has 0 unspecified atom stereocenters. The molecular formula is C19H22N2O6. The summed E-state index contributed by atoms with van der Waals surface area (Å²) in [6, 6.07) is 4.88. The van der Waals surface area contributed by atoms with E-state index in [0.29, 0.717) is 34.0 Å². The molecule has 2 aromatic rings. The van der Waals surface area contributed by atoms with E-state index in [-0.39, 0.29) is 11.5 Å². The van der Waals surface area contributed by atoms with E-state index in [9.17, 15) is 14.4 Å². The summed E-state index contributed by atoms with van der Waals surface area (Å²) >= 11 is 0. The number of carbonyl (C=O) groups is 3. The van der Waals surface area contributed by atoms with Crippen LogP contribution in [0.2, 0.25) is 0 Å². The first-order chi connectivity index (χ1) is 12.8. The molecule has 0 fully saturated rings. The molecular weight excluding hydrogens is 352 g/mol. The molecule has 1 amide bonds. The van der Waals surface area contributed by atoms with Crippen LogP contribution < -0.4 is 14.8 Å². The molecule has 8 heteroatoms. The van der Waals surface area contributed by atoms with Crippen molar-refractivity contribution in [3.63, 3.8) is 0 Å². The maximum atomic E-state index is 12.2. The molecule has 0 aliphatic heterocycles. The number of ether oxygens (including phenoxy) is 3. The Morgan fingerprint density at radius 2 is 1.74 bits per heavy atom. The molecule has 2 rings (SSSR count). The minimum Gasteiger partial charge on any atom is -0.493 e. The molecule has 0 radical (unpaired) electrons. The standard InChI is InChI=1S/C19H22N2O6/c1-10-17(12(3)22)11(2)20-18(10)19(24)27-9-16(23)21-13-6-7-14(25-4)15(8-13)26-5/h6-8,20H,9H2,1-5H3,(H,21,23). The third-order valence-electron chi connectivity index (χ3n) is 4.00. The van der Waals surface area contributed by atoms with Crippen LogP contribution in [0.4, 0.5) is 5.69 Å². The average Bonchev–Trinajstić information content (AvgIpc) is 2.94. The van der Waals surface area contributed by atoms with Gasteiger partial charge < -0.3 is 24.5 Å². The highest BCUT2D eigenvalue weighted by Gasteiger charge is 2.21. The van der Waals surface area contributed by atoms with Gasteiger partial charge in [0.1, 0.15) is 5.69 Å². The van der Waals surface area contributed by atoms with Crippen LogP contribution in [-0.4, -0.2) is 43.5 Å². The maximum Gasteiger partial charge on any atom is 0.355 e. The van der Waals surface area contributed by atoms with Crippen LogP contribution >= 0.6 is 0 Å². The second kappa shape index (κ2) is 8.39. The van der Waals surface area contributed by atoms with Gasteiger partial charge in [0.2, 0.25) is 0 Å². The van der Waals surface area contributed by atoms with Crippen LogP contribution in [0.3, 0.4) is 0 Å². The molecule has 27 heavy (non-hydrogen) atoms. The molecule has 1 aromatic heterocycles. The van der Waals surface area contributed by atoms with Gasteiger partial charge in [0, 0.05) is 23.0 Å². The van der Waals surface area contributed by atoms with Gasteiger partial charge in [0.25, 0.3) is 5.91 Å². The van der Waals surface area contributed by atoms with Crippen molar-refractivity contribution in [1.29, 1.82) is 0 Å². The molecule has 144 valence electrons. The van der Waals surface area contributed by atoms with Crippen molar-refractivity contribution in [3.8, 4) is 11.5 Å². The second-order valence-electron chi connectivity index (χ2n) is 5.88. The number of Topliss-reactive ketones (excluding diaryl/α,β-unsaturated/α-hetero) is 1. The number of carbonyl (C=O) groups excluding carboxylic acids is 3. The number of aryl methyl sites for hydroxylation is 1. The third-order valence-corrected chi connectivity index (χ3v) is 4.00. The fraction of sp³-hybridized carbons (Fsp3) is 0.316. The largest absolute Gasteiger partial charge is 0.493 e. The lowest BCUT2D eigenvalue weighted by atomic mass is 10.1. The molecule has 0 aliphatic rings. The fourth-order valence-corrected chi connectivity index (χ4v) is 2.80. The Labute approximate surface area is 156 Å². The summed E-state index contributed by atoms with van der Waals surface area (Å²) in [5.41, 5.74) is 2.18. The van der Waals surface area contributed by atoms with Crippen molar-refractivity contribution < 1.29 is 28.6 Å². The zero-order chi connectivity index (χ0) is 20.1. The van der Waals surface area contributed by atoms with E-state index in [2.05, 4.69) is 10.3 Å². The zero-order valence-corrected chi connectivity index (χ0v) is 15.9. The van der Waals surface area contributed by atoms with Crippen molar-refractivity contribution in [2.24, 2.45) is 0 Å². The Morgan fingerprint density at radius 3 is 2.30 bits per heavy atom. The van der Waals surface area contributed by atoms with Crippen molar-refractivity contribution >= 4 is 23.3 Å². The lowest BCUT2D eigenvalue weighted by Crippen LogP contribution is -2.21. The summed E-state index contributed by atoms with van der Waals surface area (Å²) in [6.45, 7) is 4.31. The van der Waals surface area contributed by atoms with Crippen LogP contribution in [0.1, 0.15) is 39.0 Å². The Kier molecular flexibility index (Phi) is 6.23. The highest BCUT2D eigenvalue weighted by atomic mass is 16.5. The number of aromatic amines is 1. The van der Waals surface area contributed by atoms with E-state index >= 15 is 0 Å². The van der Waals surface area contributed by atoms with E-state index in [1.165, 1.54) is 21.1 Å². The molecule has 8 nitrogen and oxygen atoms in total. The number of ketones is 1. The van der Waals surface area contributed by atoms with Gasteiger partial charge in [-0.05, 0) is 38.5 Å². The predicted octanol–water partition coefficient (Wildman–Crippen LogP) is 2.65. The number of rotatable bonds is 7. The summed E-state index contributed by atoms with van der Waals surface area (Å²) in [7, 11) is 3.00. The van der Waals surface area contributed by atoms with Crippen molar-refractivity contribution in [2.75, 3.05) is 26.1 Å². The molecule has 0 atom stereocenters. The molecule has 0 saturated carbocycles. The molecule has 0 bridgehead atoms. The van der Waals surface area contributed by atoms with Crippen molar-refractivity contribution in [1.82, 2.24) is 4.98 Å². The van der Waals surface area contributed by atoms with Gasteiger partial charge in [-0.1, -0.05) is 0 Å². The summed E-state index contributed by atoms with van der Waals surface area (Å²) in [4.78, 5) is 38.7. The SMILES string of the molecule is COc1ccc(NC(=O)COC(=O)c2[nH]c(C)c(C(C)=O)c2C)cc1OC. The first-order valence-electron chi connectivity index (χ1n) is 8.17. The number of hydrogen-bond acceptors (Lipinski definition) is 6. The maximum absolute atomic E-state index is 12.2. The minimum atomic E-state index is -0.703. The van der Waals surface area contributed by atoms with E-state index in [1.54, 1.807) is 32.0 Å². The van der Waals surface area contributed by atoms with Crippen LogP contribution in [0.5, 0.6) is 11.5 Å². The topological polar surface area (TPSA) is 107 Å². The molecule has 0 saturated heterocycles. The summed E-state index contributed by atoms with van der Waals surface area (Å²) in [6.07, 6.45) is 0. The summed E-state index contributed by atoms with van der Waals surface area (Å²) in [5, 5.41) is 2.61. The van der Waals surface area contributed by atoms with Gasteiger partial charge >= 0.3 is 5.97 Å². The Bertz CT molecular complexity index is 885. The van der Waals surface area contributed by atoms with E-state index < -0.39 is 18.5 Å². The van der Waals surface area contributed by atoms with Gasteiger partial charge in [-0.25, -0.2) is 4.79 Å². The van der Waals surface area contributed by atoms with Gasteiger partial charge in [0.15, 0.2) is 23.9 Å². The quantitative estimate of drug-likeness (QED) is 0.570. The normalized spacial score (nSPS) is 10.3. The number of hydrogen-bond donors (Lipinski definition) is 2. The number of benzene rings is 1. The molecule has 0 aliphatic carbocycles. The smallest absolute Gasteiger partial charge is 0.355 e. The van der Waals surface area contributed by atoms with E-state index in [4.69, 9.17) is 14.2 Å². The average molecular weight is 374 g/mol. The lowest BCUT2D eigenvalue weighted by Gasteiger charge is -2.10. The summed E-state index contributed by atoms with van der Waals surface area (Å²) < 4.78 is 15.3. The Hall–Kier alpha value is -3.29. The Morgan fingerprint density at radius 1 is 1.07 bits per heavy atom. The molecule has 1 aromatic carbocycles. The number of anilines is 1. The monoisotopic (exact) mass is 374 g/mol. The van der Waals surface area contributed by atoms with Gasteiger partial charge in [-0.15, -0.1) is 0 Å². The lowest BCUT2D eigenvalue weighted by molar-refractivity contribution is -0.119. The number of nitrogens with one attached hydrogen (secondary N) is 2. The zero-order valence-electron chi connectivity index (χ0n) is 15.9. The van der Waals surface area contributed by atoms with Gasteiger partial charge in [0.05, 0.1) is 14.2 Å². The van der Waals surface area contributed by atoms with Crippen LogP contribution in [-0.2, 0) is 9.53 Å². The predicted molar refractivity (Wildman–Crippen MR) is 98.7 cm³/mol. The van der Waals surface area contributed by atoms with Crippen molar-refractivity contribution in [2.45, 2.75) is 20.8 Å². The minimum absolute atomic E-state index is 0.147. The van der Waals surface area contributed by atoms with Crippen LogP contribution in [0, 0.1) is 13.8 Å². The van der Waals surface area contributed by atoms with Crippen molar-refractivity contribution in [3.05, 3.63) is 40.7 Å². The third kappa shape index (κ3) is 4.46.